The zero-order valence-electron chi connectivity index (χ0n) is 24.0. The molecule has 2 saturated heterocycles. The lowest BCUT2D eigenvalue weighted by molar-refractivity contribution is -0.143. The number of nitrogens with one attached hydrogen (secondary N) is 2. The van der Waals surface area contributed by atoms with Crippen LogP contribution in [0.3, 0.4) is 0 Å². The molecular weight excluding hydrogens is 534 g/mol. The first-order valence-corrected chi connectivity index (χ1v) is 15.1. The molecule has 2 N–H and O–H groups in total. The summed E-state index contributed by atoms with van der Waals surface area (Å²) in [6.45, 7) is 4.33. The Morgan fingerprint density at radius 2 is 1.74 bits per heavy atom. The molecule has 9 nitrogen and oxygen atoms in total. The Morgan fingerprint density at radius 3 is 2.50 bits per heavy atom. The van der Waals surface area contributed by atoms with E-state index in [0.717, 1.165) is 43.2 Å². The summed E-state index contributed by atoms with van der Waals surface area (Å²) < 4.78 is 18.6. The van der Waals surface area contributed by atoms with E-state index < -0.39 is 35.7 Å². The number of para-hydroxylation sites is 2. The lowest BCUT2D eigenvalue weighted by Crippen LogP contribution is -2.58. The first-order chi connectivity index (χ1) is 20.3. The maximum absolute atomic E-state index is 14.3. The summed E-state index contributed by atoms with van der Waals surface area (Å²) in [6.07, 6.45) is 7.76. The van der Waals surface area contributed by atoms with Crippen LogP contribution in [-0.4, -0.2) is 65.7 Å². The first kappa shape index (κ1) is 27.0. The Morgan fingerprint density at radius 1 is 1.00 bits per heavy atom. The number of fused-ring (bicyclic) bond motifs is 2. The summed E-state index contributed by atoms with van der Waals surface area (Å²) in [4.78, 5) is 43.8. The molecule has 2 bridgehead atoms. The number of carbonyl (C=O) groups is 3. The standard InChI is InChI=1S/C33H37N3O6/c1-19-14-20(2)16-22(15-19)35-30(37)27-26-12-13-33(42-26)28(27)32(39)36(29(33)31(38)34-21-8-4-3-5-9-21)17-23-18-40-24-10-6-7-11-25(24)41-23/h6-7,10-16,21,23,26-29H,3-5,8-9,17-18H2,1-2H3,(H,34,38)(H,35,37)/t23?,26-,27?,28-,29?,33?/m1/s1. The van der Waals surface area contributed by atoms with Crippen molar-refractivity contribution in [3.63, 3.8) is 0 Å². The molecule has 6 atom stereocenters. The summed E-state index contributed by atoms with van der Waals surface area (Å²) in [5, 5.41) is 6.26. The molecule has 5 aliphatic rings. The zero-order valence-corrected chi connectivity index (χ0v) is 24.0. The highest BCUT2D eigenvalue weighted by Gasteiger charge is 2.73. The van der Waals surface area contributed by atoms with E-state index in [1.54, 1.807) is 4.90 Å². The number of rotatable bonds is 6. The lowest BCUT2D eigenvalue weighted by Gasteiger charge is -2.36. The van der Waals surface area contributed by atoms with Crippen molar-refractivity contribution in [1.29, 1.82) is 0 Å². The van der Waals surface area contributed by atoms with Crippen molar-refractivity contribution in [3.05, 3.63) is 65.7 Å². The van der Waals surface area contributed by atoms with Gasteiger partial charge in [-0.2, -0.15) is 0 Å². The maximum atomic E-state index is 14.3. The molecule has 1 aliphatic carbocycles. The first-order valence-electron chi connectivity index (χ1n) is 15.1. The number of likely N-dealkylation sites (tertiary alicyclic amines) is 1. The lowest BCUT2D eigenvalue weighted by atomic mass is 9.74. The third kappa shape index (κ3) is 4.54. The fourth-order valence-electron chi connectivity index (χ4n) is 7.64. The van der Waals surface area contributed by atoms with Crippen LogP contribution in [0.4, 0.5) is 5.69 Å². The molecule has 9 heteroatoms. The van der Waals surface area contributed by atoms with Crippen molar-refractivity contribution in [2.45, 2.75) is 75.8 Å². The van der Waals surface area contributed by atoms with Gasteiger partial charge in [-0.25, -0.2) is 0 Å². The number of benzene rings is 2. The molecule has 0 aromatic heterocycles. The Hall–Kier alpha value is -3.85. The molecule has 0 radical (unpaired) electrons. The van der Waals surface area contributed by atoms with Gasteiger partial charge in [-0.15, -0.1) is 0 Å². The smallest absolute Gasteiger partial charge is 0.246 e. The highest BCUT2D eigenvalue weighted by atomic mass is 16.6. The Bertz CT molecular complexity index is 1430. The van der Waals surface area contributed by atoms with E-state index in [4.69, 9.17) is 14.2 Å². The Balaban J connectivity index is 1.19. The summed E-state index contributed by atoms with van der Waals surface area (Å²) in [6, 6.07) is 12.4. The minimum Gasteiger partial charge on any atom is -0.486 e. The SMILES string of the molecule is Cc1cc(C)cc(NC(=O)C2[C@H]3C=CC4(O3)C(C(=O)NC3CCCCC3)N(CC3COc5ccccc5O3)C(=O)[C@@H]24)c1. The molecule has 2 aromatic carbocycles. The van der Waals surface area contributed by atoms with Crippen LogP contribution in [0.25, 0.3) is 0 Å². The van der Waals surface area contributed by atoms with Crippen LogP contribution in [0.15, 0.2) is 54.6 Å². The second-order valence-electron chi connectivity index (χ2n) is 12.4. The van der Waals surface area contributed by atoms with E-state index in [0.29, 0.717) is 17.2 Å². The molecule has 2 aromatic rings. The van der Waals surface area contributed by atoms with Crippen molar-refractivity contribution >= 4 is 23.4 Å². The van der Waals surface area contributed by atoms with E-state index in [1.165, 1.54) is 0 Å². The average molecular weight is 572 g/mol. The van der Waals surface area contributed by atoms with Crippen molar-refractivity contribution in [2.75, 3.05) is 18.5 Å². The second-order valence-corrected chi connectivity index (χ2v) is 12.4. The number of anilines is 1. The van der Waals surface area contributed by atoms with Gasteiger partial charge in [-0.3, -0.25) is 14.4 Å². The number of hydrogen-bond acceptors (Lipinski definition) is 6. The Labute approximate surface area is 245 Å². The van der Waals surface area contributed by atoms with E-state index in [-0.39, 0.29) is 36.9 Å². The fraction of sp³-hybridized carbons (Fsp3) is 0.485. The van der Waals surface area contributed by atoms with Crippen LogP contribution in [0.2, 0.25) is 0 Å². The minimum absolute atomic E-state index is 0.0611. The number of ether oxygens (including phenoxy) is 3. The highest BCUT2D eigenvalue weighted by molar-refractivity contribution is 6.02. The summed E-state index contributed by atoms with van der Waals surface area (Å²) in [5.41, 5.74) is 1.52. The second kappa shape index (κ2) is 10.5. The van der Waals surface area contributed by atoms with Crippen LogP contribution in [0.5, 0.6) is 11.5 Å². The predicted octanol–water partition coefficient (Wildman–Crippen LogP) is 3.68. The monoisotopic (exact) mass is 571 g/mol. The normalized spacial score (nSPS) is 31.2. The summed E-state index contributed by atoms with van der Waals surface area (Å²) in [5.74, 6) is -1.13. The van der Waals surface area contributed by atoms with Crippen LogP contribution in [0, 0.1) is 25.7 Å². The van der Waals surface area contributed by atoms with Gasteiger partial charge in [0.25, 0.3) is 0 Å². The molecule has 4 heterocycles. The largest absolute Gasteiger partial charge is 0.486 e. The van der Waals surface area contributed by atoms with Crippen molar-refractivity contribution in [2.24, 2.45) is 11.8 Å². The maximum Gasteiger partial charge on any atom is 0.246 e. The van der Waals surface area contributed by atoms with Crippen LogP contribution in [0.1, 0.15) is 43.2 Å². The molecule has 3 amide bonds. The van der Waals surface area contributed by atoms with Crippen molar-refractivity contribution in [3.8, 4) is 11.5 Å². The van der Waals surface area contributed by atoms with Gasteiger partial charge >= 0.3 is 0 Å². The highest BCUT2D eigenvalue weighted by Crippen LogP contribution is 2.55. The van der Waals surface area contributed by atoms with Gasteiger partial charge in [0.15, 0.2) is 17.6 Å². The van der Waals surface area contributed by atoms with Crippen LogP contribution < -0.4 is 20.1 Å². The third-order valence-electron chi connectivity index (χ3n) is 9.33. The number of amides is 3. The molecule has 42 heavy (non-hydrogen) atoms. The Kier molecular flexibility index (Phi) is 6.72. The predicted molar refractivity (Wildman–Crippen MR) is 155 cm³/mol. The topological polar surface area (TPSA) is 106 Å². The van der Waals surface area contributed by atoms with Crippen LogP contribution in [-0.2, 0) is 19.1 Å². The molecule has 220 valence electrons. The molecule has 4 unspecified atom stereocenters. The number of nitrogens with zero attached hydrogens (tertiary/aromatic N) is 1. The number of hydrogen-bond donors (Lipinski definition) is 2. The molecule has 1 spiro atoms. The number of carbonyl (C=O) groups excluding carboxylic acids is 3. The minimum atomic E-state index is -1.22. The van der Waals surface area contributed by atoms with E-state index in [2.05, 4.69) is 10.6 Å². The van der Waals surface area contributed by atoms with Crippen LogP contribution >= 0.6 is 0 Å². The van der Waals surface area contributed by atoms with Gasteiger partial charge in [-0.05, 0) is 62.1 Å². The van der Waals surface area contributed by atoms with Gasteiger partial charge in [0.2, 0.25) is 17.7 Å². The number of aryl methyl sites for hydroxylation is 2. The molecule has 7 rings (SSSR count). The fourth-order valence-corrected chi connectivity index (χ4v) is 7.64. The van der Waals surface area contributed by atoms with Gasteiger partial charge < -0.3 is 29.7 Å². The van der Waals surface area contributed by atoms with E-state index in [9.17, 15) is 14.4 Å². The molecule has 3 fully saturated rings. The van der Waals surface area contributed by atoms with Gasteiger partial charge in [0, 0.05) is 11.7 Å². The van der Waals surface area contributed by atoms with Crippen molar-refractivity contribution < 1.29 is 28.6 Å². The van der Waals surface area contributed by atoms with Gasteiger partial charge in [0.1, 0.15) is 18.2 Å². The quantitative estimate of drug-likeness (QED) is 0.513. The molecular formula is C33H37N3O6. The van der Waals surface area contributed by atoms with Gasteiger partial charge in [0.05, 0.1) is 24.5 Å². The van der Waals surface area contributed by atoms with Crippen molar-refractivity contribution in [1.82, 2.24) is 10.2 Å². The summed E-state index contributed by atoms with van der Waals surface area (Å²) >= 11 is 0. The third-order valence-corrected chi connectivity index (χ3v) is 9.33. The van der Waals surface area contributed by atoms with E-state index >= 15 is 0 Å². The molecule has 4 aliphatic heterocycles. The zero-order chi connectivity index (χ0) is 29.0. The van der Waals surface area contributed by atoms with E-state index in [1.807, 2.05) is 68.5 Å². The average Bonchev–Trinajstić information content (AvgIpc) is 3.60. The summed E-state index contributed by atoms with van der Waals surface area (Å²) in [7, 11) is 0. The van der Waals surface area contributed by atoms with Gasteiger partial charge in [-0.1, -0.05) is 49.6 Å². The molecule has 1 saturated carbocycles.